The molecule has 0 spiro atoms. The lowest BCUT2D eigenvalue weighted by molar-refractivity contribution is -0.115. The fourth-order valence-electron chi connectivity index (χ4n) is 2.21. The van der Waals surface area contributed by atoms with E-state index in [9.17, 15) is 4.79 Å². The molecule has 0 fully saturated rings. The standard InChI is InChI=1S/C19H16ClN3O/c20-15-6-8-16(9-7-15)22-17-10-11-18(21-13-17)23-19(24)12-14-4-2-1-3-5-14/h1-11,13,22H,12H2,(H,21,23,24). The number of nitrogens with zero attached hydrogens (tertiary/aromatic N) is 1. The average molecular weight is 338 g/mol. The molecule has 5 heteroatoms. The Morgan fingerprint density at radius 3 is 2.29 bits per heavy atom. The van der Waals surface area contributed by atoms with Gasteiger partial charge in [0.1, 0.15) is 5.82 Å². The SMILES string of the molecule is O=C(Cc1ccccc1)Nc1ccc(Nc2ccc(Cl)cc2)cn1. The second kappa shape index (κ2) is 7.62. The molecule has 0 unspecified atom stereocenters. The third-order valence-corrected chi connectivity index (χ3v) is 3.62. The number of hydrogen-bond donors (Lipinski definition) is 2. The Morgan fingerprint density at radius 2 is 1.62 bits per heavy atom. The number of rotatable bonds is 5. The molecule has 1 aromatic heterocycles. The monoisotopic (exact) mass is 337 g/mol. The summed E-state index contributed by atoms with van der Waals surface area (Å²) in [5.41, 5.74) is 2.72. The number of nitrogens with one attached hydrogen (secondary N) is 2. The van der Waals surface area contributed by atoms with Crippen LogP contribution in [0.25, 0.3) is 0 Å². The Hall–Kier alpha value is -2.85. The van der Waals surface area contributed by atoms with Crippen molar-refractivity contribution in [2.45, 2.75) is 6.42 Å². The highest BCUT2D eigenvalue weighted by atomic mass is 35.5. The van der Waals surface area contributed by atoms with Crippen LogP contribution in [0.3, 0.4) is 0 Å². The molecule has 2 aromatic carbocycles. The summed E-state index contributed by atoms with van der Waals surface area (Å²) >= 11 is 5.86. The van der Waals surface area contributed by atoms with Gasteiger partial charge in [0, 0.05) is 10.7 Å². The van der Waals surface area contributed by atoms with Crippen LogP contribution in [0.5, 0.6) is 0 Å². The van der Waals surface area contributed by atoms with Gasteiger partial charge in [0.15, 0.2) is 0 Å². The summed E-state index contributed by atoms with van der Waals surface area (Å²) in [7, 11) is 0. The van der Waals surface area contributed by atoms with Gasteiger partial charge in [-0.25, -0.2) is 4.98 Å². The summed E-state index contributed by atoms with van der Waals surface area (Å²) < 4.78 is 0. The summed E-state index contributed by atoms with van der Waals surface area (Å²) in [6, 6.07) is 20.6. The number of pyridine rings is 1. The molecule has 1 heterocycles. The van der Waals surface area contributed by atoms with Crippen LogP contribution in [-0.2, 0) is 11.2 Å². The second-order valence-corrected chi connectivity index (χ2v) is 5.71. The summed E-state index contributed by atoms with van der Waals surface area (Å²) in [5, 5.41) is 6.70. The largest absolute Gasteiger partial charge is 0.354 e. The summed E-state index contributed by atoms with van der Waals surface area (Å²) in [6.45, 7) is 0. The quantitative estimate of drug-likeness (QED) is 0.712. The summed E-state index contributed by atoms with van der Waals surface area (Å²) in [6.07, 6.45) is 2.00. The van der Waals surface area contributed by atoms with Crippen molar-refractivity contribution in [2.24, 2.45) is 0 Å². The minimum absolute atomic E-state index is 0.0906. The van der Waals surface area contributed by atoms with E-state index in [2.05, 4.69) is 15.6 Å². The smallest absolute Gasteiger partial charge is 0.229 e. The number of benzene rings is 2. The van der Waals surface area contributed by atoms with E-state index in [4.69, 9.17) is 11.6 Å². The zero-order valence-electron chi connectivity index (χ0n) is 12.9. The van der Waals surface area contributed by atoms with Crippen molar-refractivity contribution in [2.75, 3.05) is 10.6 Å². The van der Waals surface area contributed by atoms with E-state index in [0.29, 0.717) is 17.3 Å². The molecule has 0 aliphatic heterocycles. The molecule has 0 radical (unpaired) electrons. The first-order chi connectivity index (χ1) is 11.7. The van der Waals surface area contributed by atoms with Crippen LogP contribution in [-0.4, -0.2) is 10.9 Å². The lowest BCUT2D eigenvalue weighted by atomic mass is 10.1. The normalized spacial score (nSPS) is 10.2. The Morgan fingerprint density at radius 1 is 0.917 bits per heavy atom. The van der Waals surface area contributed by atoms with Gasteiger partial charge in [0.25, 0.3) is 0 Å². The fraction of sp³-hybridized carbons (Fsp3) is 0.0526. The molecule has 0 saturated carbocycles. The maximum absolute atomic E-state index is 12.0. The average Bonchev–Trinajstić information content (AvgIpc) is 2.59. The Balaban J connectivity index is 1.58. The first-order valence-corrected chi connectivity index (χ1v) is 7.89. The molecule has 4 nitrogen and oxygen atoms in total. The zero-order chi connectivity index (χ0) is 16.8. The molecule has 3 rings (SSSR count). The van der Waals surface area contributed by atoms with E-state index in [1.807, 2.05) is 60.7 Å². The lowest BCUT2D eigenvalue weighted by Crippen LogP contribution is -2.15. The van der Waals surface area contributed by atoms with Gasteiger partial charge >= 0.3 is 0 Å². The van der Waals surface area contributed by atoms with Gasteiger partial charge in [-0.3, -0.25) is 4.79 Å². The lowest BCUT2D eigenvalue weighted by Gasteiger charge is -2.08. The van der Waals surface area contributed by atoms with Crippen molar-refractivity contribution in [3.63, 3.8) is 0 Å². The number of anilines is 3. The minimum atomic E-state index is -0.0906. The van der Waals surface area contributed by atoms with E-state index < -0.39 is 0 Å². The number of carbonyl (C=O) groups is 1. The van der Waals surface area contributed by atoms with Gasteiger partial charge in [0.2, 0.25) is 5.91 Å². The number of aromatic nitrogens is 1. The molecular formula is C19H16ClN3O. The minimum Gasteiger partial charge on any atom is -0.354 e. The molecule has 3 aromatic rings. The topological polar surface area (TPSA) is 54.0 Å². The van der Waals surface area contributed by atoms with Crippen molar-refractivity contribution in [3.8, 4) is 0 Å². The first kappa shape index (κ1) is 16.0. The van der Waals surface area contributed by atoms with Crippen molar-refractivity contribution in [1.29, 1.82) is 0 Å². The van der Waals surface area contributed by atoms with Crippen LogP contribution in [0.15, 0.2) is 72.9 Å². The maximum Gasteiger partial charge on any atom is 0.229 e. The van der Waals surface area contributed by atoms with E-state index in [1.165, 1.54) is 0 Å². The van der Waals surface area contributed by atoms with Gasteiger partial charge < -0.3 is 10.6 Å². The molecule has 0 aliphatic rings. The molecule has 0 bridgehead atoms. The molecule has 1 amide bonds. The number of halogens is 1. The van der Waals surface area contributed by atoms with Crippen LogP contribution in [0.2, 0.25) is 5.02 Å². The highest BCUT2D eigenvalue weighted by molar-refractivity contribution is 6.30. The number of amides is 1. The van der Waals surface area contributed by atoms with Crippen LogP contribution in [0.1, 0.15) is 5.56 Å². The molecule has 24 heavy (non-hydrogen) atoms. The molecule has 0 atom stereocenters. The molecule has 120 valence electrons. The predicted molar refractivity (Wildman–Crippen MR) is 97.7 cm³/mol. The van der Waals surface area contributed by atoms with Gasteiger partial charge in [-0.05, 0) is 42.0 Å². The van der Waals surface area contributed by atoms with Crippen LogP contribution < -0.4 is 10.6 Å². The van der Waals surface area contributed by atoms with Crippen molar-refractivity contribution < 1.29 is 4.79 Å². The van der Waals surface area contributed by atoms with E-state index >= 15 is 0 Å². The second-order valence-electron chi connectivity index (χ2n) is 5.27. The molecule has 0 saturated heterocycles. The van der Waals surface area contributed by atoms with Crippen molar-refractivity contribution in [3.05, 3.63) is 83.5 Å². The van der Waals surface area contributed by atoms with Gasteiger partial charge in [-0.15, -0.1) is 0 Å². The third-order valence-electron chi connectivity index (χ3n) is 3.37. The summed E-state index contributed by atoms with van der Waals surface area (Å²) in [4.78, 5) is 16.3. The number of hydrogen-bond acceptors (Lipinski definition) is 3. The van der Waals surface area contributed by atoms with E-state index in [-0.39, 0.29) is 5.91 Å². The Bertz CT molecular complexity index is 802. The number of carbonyl (C=O) groups excluding carboxylic acids is 1. The van der Waals surface area contributed by atoms with Crippen molar-refractivity contribution in [1.82, 2.24) is 4.98 Å². The van der Waals surface area contributed by atoms with Crippen LogP contribution >= 0.6 is 11.6 Å². The fourth-order valence-corrected chi connectivity index (χ4v) is 2.34. The van der Waals surface area contributed by atoms with Gasteiger partial charge in [0.05, 0.1) is 18.3 Å². The van der Waals surface area contributed by atoms with Crippen LogP contribution in [0.4, 0.5) is 17.2 Å². The van der Waals surface area contributed by atoms with Gasteiger partial charge in [-0.1, -0.05) is 41.9 Å². The molecular weight excluding hydrogens is 322 g/mol. The Labute approximate surface area is 145 Å². The van der Waals surface area contributed by atoms with E-state index in [1.54, 1.807) is 12.3 Å². The highest BCUT2D eigenvalue weighted by Gasteiger charge is 2.05. The molecule has 2 N–H and O–H groups in total. The van der Waals surface area contributed by atoms with Crippen LogP contribution in [0, 0.1) is 0 Å². The van der Waals surface area contributed by atoms with E-state index in [0.717, 1.165) is 16.9 Å². The summed E-state index contributed by atoms with van der Waals surface area (Å²) in [5.74, 6) is 0.435. The van der Waals surface area contributed by atoms with Gasteiger partial charge in [-0.2, -0.15) is 0 Å². The third kappa shape index (κ3) is 4.57. The molecule has 0 aliphatic carbocycles. The Kier molecular flexibility index (Phi) is 5.08. The van der Waals surface area contributed by atoms with Crippen molar-refractivity contribution >= 4 is 34.7 Å². The highest BCUT2D eigenvalue weighted by Crippen LogP contribution is 2.19. The maximum atomic E-state index is 12.0. The first-order valence-electron chi connectivity index (χ1n) is 7.51. The zero-order valence-corrected chi connectivity index (χ0v) is 13.6. The predicted octanol–water partition coefficient (Wildman–Crippen LogP) is 4.66.